The summed E-state index contributed by atoms with van der Waals surface area (Å²) in [6.07, 6.45) is 5.56. The first kappa shape index (κ1) is 22.0. The number of benzene rings is 2. The second-order valence-electron chi connectivity index (χ2n) is 8.26. The lowest BCUT2D eigenvalue weighted by Crippen LogP contribution is -2.48. The zero-order chi connectivity index (χ0) is 23.3. The average molecular weight is 471 g/mol. The number of aromatic hydroxyl groups is 1. The van der Waals surface area contributed by atoms with E-state index in [2.05, 4.69) is 23.1 Å². The Hall–Kier alpha value is -3.84. The van der Waals surface area contributed by atoms with Gasteiger partial charge in [0.15, 0.2) is 0 Å². The molecule has 172 valence electrons. The number of phenolic OH excluding ortho intramolecular Hbond substituents is 1. The first-order valence-corrected chi connectivity index (χ1v) is 12.2. The Morgan fingerprint density at radius 1 is 0.971 bits per heavy atom. The van der Waals surface area contributed by atoms with Gasteiger partial charge in [0.1, 0.15) is 11.4 Å². The second-order valence-corrected chi connectivity index (χ2v) is 9.20. The van der Waals surface area contributed by atoms with Gasteiger partial charge in [-0.2, -0.15) is 5.10 Å². The maximum absolute atomic E-state index is 12.9. The van der Waals surface area contributed by atoms with E-state index in [1.807, 2.05) is 63.6 Å². The van der Waals surface area contributed by atoms with Crippen LogP contribution in [0.3, 0.4) is 0 Å². The van der Waals surface area contributed by atoms with E-state index >= 15 is 0 Å². The normalized spacial score (nSPS) is 14.1. The molecule has 1 aliphatic rings. The van der Waals surface area contributed by atoms with Crippen LogP contribution in [0.15, 0.2) is 84.4 Å². The molecule has 5 rings (SSSR count). The van der Waals surface area contributed by atoms with Crippen LogP contribution in [-0.4, -0.2) is 51.9 Å². The maximum Gasteiger partial charge on any atom is 0.246 e. The first-order chi connectivity index (χ1) is 16.7. The largest absolute Gasteiger partial charge is 0.508 e. The quantitative estimate of drug-likeness (QED) is 0.414. The number of aromatic nitrogens is 2. The number of anilines is 1. The van der Waals surface area contributed by atoms with Crippen molar-refractivity contribution < 1.29 is 9.90 Å². The molecule has 3 heterocycles. The molecule has 1 aliphatic heterocycles. The number of hydrogen-bond donors (Lipinski definition) is 1. The molecule has 0 saturated carbocycles. The molecule has 0 unspecified atom stereocenters. The summed E-state index contributed by atoms with van der Waals surface area (Å²) in [6, 6.07) is 21.5. The molecule has 7 heteroatoms. The number of rotatable bonds is 6. The van der Waals surface area contributed by atoms with Crippen molar-refractivity contribution in [2.75, 3.05) is 31.1 Å². The van der Waals surface area contributed by atoms with Crippen molar-refractivity contribution in [3.05, 3.63) is 95.5 Å². The van der Waals surface area contributed by atoms with Crippen LogP contribution in [0.2, 0.25) is 0 Å². The van der Waals surface area contributed by atoms with Crippen LogP contribution in [0, 0.1) is 0 Å². The lowest BCUT2D eigenvalue weighted by molar-refractivity contribution is -0.126. The molecule has 0 radical (unpaired) electrons. The van der Waals surface area contributed by atoms with Crippen molar-refractivity contribution >= 4 is 29.0 Å². The van der Waals surface area contributed by atoms with Gasteiger partial charge in [0, 0.05) is 49.7 Å². The van der Waals surface area contributed by atoms with Crippen molar-refractivity contribution in [3.63, 3.8) is 0 Å². The van der Waals surface area contributed by atoms with Gasteiger partial charge in [-0.05, 0) is 47.4 Å². The fraction of sp³-hybridized carbons (Fsp3) is 0.185. The topological polar surface area (TPSA) is 61.6 Å². The predicted octanol–water partition coefficient (Wildman–Crippen LogP) is 4.73. The number of nitrogens with zero attached hydrogens (tertiary/aromatic N) is 4. The number of piperazine rings is 1. The van der Waals surface area contributed by atoms with Crippen molar-refractivity contribution in [2.45, 2.75) is 6.54 Å². The third-order valence-corrected chi connectivity index (χ3v) is 6.82. The van der Waals surface area contributed by atoms with E-state index in [9.17, 15) is 9.90 Å². The molecule has 6 nitrogen and oxygen atoms in total. The molecule has 1 fully saturated rings. The summed E-state index contributed by atoms with van der Waals surface area (Å²) in [5.41, 5.74) is 4.08. The number of carbonyl (C=O) groups excluding carboxylic acids is 1. The molecule has 1 amide bonds. The zero-order valence-corrected chi connectivity index (χ0v) is 19.6. The van der Waals surface area contributed by atoms with E-state index < -0.39 is 0 Å². The highest BCUT2D eigenvalue weighted by Gasteiger charge is 2.20. The summed E-state index contributed by atoms with van der Waals surface area (Å²) < 4.78 is 1.94. The Kier molecular flexibility index (Phi) is 6.44. The van der Waals surface area contributed by atoms with Gasteiger partial charge in [0.25, 0.3) is 0 Å². The highest BCUT2D eigenvalue weighted by Crippen LogP contribution is 2.28. The average Bonchev–Trinajstić information content (AvgIpc) is 3.54. The molecular weight excluding hydrogens is 444 g/mol. The number of amides is 1. The maximum atomic E-state index is 12.9. The standard InChI is InChI=1S/C27H26N4O2S/c32-24-11-9-23(10-12-24)29-14-16-30(17-15-29)26(33)13-8-22-20-31(19-21-5-2-1-3-6-21)28-27(22)25-7-4-18-34-25/h1-13,18,20,32H,14-17,19H2. The molecule has 4 aromatic rings. The molecule has 0 atom stereocenters. The predicted molar refractivity (Wildman–Crippen MR) is 137 cm³/mol. The van der Waals surface area contributed by atoms with E-state index in [0.717, 1.165) is 34.9 Å². The number of thiophene rings is 1. The van der Waals surface area contributed by atoms with Gasteiger partial charge in [-0.15, -0.1) is 11.3 Å². The van der Waals surface area contributed by atoms with Crippen molar-refractivity contribution in [2.24, 2.45) is 0 Å². The molecule has 0 aliphatic carbocycles. The second kappa shape index (κ2) is 9.97. The highest BCUT2D eigenvalue weighted by atomic mass is 32.1. The summed E-state index contributed by atoms with van der Waals surface area (Å²) in [7, 11) is 0. The van der Waals surface area contributed by atoms with Crippen LogP contribution in [0.1, 0.15) is 11.1 Å². The van der Waals surface area contributed by atoms with Gasteiger partial charge in [-0.1, -0.05) is 36.4 Å². The zero-order valence-electron chi connectivity index (χ0n) is 18.7. The minimum Gasteiger partial charge on any atom is -0.508 e. The highest BCUT2D eigenvalue weighted by molar-refractivity contribution is 7.13. The lowest BCUT2D eigenvalue weighted by Gasteiger charge is -2.35. The van der Waals surface area contributed by atoms with E-state index in [1.165, 1.54) is 5.56 Å². The van der Waals surface area contributed by atoms with E-state index in [4.69, 9.17) is 5.10 Å². The molecule has 1 saturated heterocycles. The Morgan fingerprint density at radius 3 is 2.44 bits per heavy atom. The van der Waals surface area contributed by atoms with E-state index in [1.54, 1.807) is 29.5 Å². The van der Waals surface area contributed by atoms with E-state index in [-0.39, 0.29) is 11.7 Å². The SMILES string of the molecule is O=C(C=Cc1cn(Cc2ccccc2)nc1-c1cccs1)N1CCN(c2ccc(O)cc2)CC1. The van der Waals surface area contributed by atoms with Gasteiger partial charge in [-0.25, -0.2) is 0 Å². The molecule has 0 spiro atoms. The van der Waals surface area contributed by atoms with E-state index in [0.29, 0.717) is 19.6 Å². The third kappa shape index (κ3) is 5.05. The molecular formula is C27H26N4O2S. The fourth-order valence-electron chi connectivity index (χ4n) is 4.13. The summed E-state index contributed by atoms with van der Waals surface area (Å²) in [5.74, 6) is 0.273. The van der Waals surface area contributed by atoms with Crippen LogP contribution < -0.4 is 4.90 Å². The summed E-state index contributed by atoms with van der Waals surface area (Å²) >= 11 is 1.64. The van der Waals surface area contributed by atoms with Crippen molar-refractivity contribution in [1.29, 1.82) is 0 Å². The van der Waals surface area contributed by atoms with Crippen molar-refractivity contribution in [3.8, 4) is 16.3 Å². The molecule has 34 heavy (non-hydrogen) atoms. The van der Waals surface area contributed by atoms with Gasteiger partial charge >= 0.3 is 0 Å². The van der Waals surface area contributed by atoms with Crippen LogP contribution in [0.25, 0.3) is 16.6 Å². The number of carbonyl (C=O) groups is 1. The van der Waals surface area contributed by atoms with Crippen LogP contribution >= 0.6 is 11.3 Å². The molecule has 1 N–H and O–H groups in total. The monoisotopic (exact) mass is 470 g/mol. The molecule has 2 aromatic carbocycles. The van der Waals surface area contributed by atoms with Gasteiger partial charge in [0.05, 0.1) is 11.4 Å². The van der Waals surface area contributed by atoms with Crippen LogP contribution in [-0.2, 0) is 11.3 Å². The summed E-state index contributed by atoms with van der Waals surface area (Å²) in [6.45, 7) is 3.53. The minimum absolute atomic E-state index is 0.0123. The fourth-order valence-corrected chi connectivity index (χ4v) is 4.86. The Morgan fingerprint density at radius 2 is 1.74 bits per heavy atom. The van der Waals surface area contributed by atoms with Gasteiger partial charge in [0.2, 0.25) is 5.91 Å². The summed E-state index contributed by atoms with van der Waals surface area (Å²) in [5, 5.41) is 16.3. The number of hydrogen-bond acceptors (Lipinski definition) is 5. The van der Waals surface area contributed by atoms with Gasteiger partial charge < -0.3 is 14.9 Å². The summed E-state index contributed by atoms with van der Waals surface area (Å²) in [4.78, 5) is 18.1. The molecule has 2 aromatic heterocycles. The Bertz CT molecular complexity index is 1260. The lowest BCUT2D eigenvalue weighted by atomic mass is 10.2. The Labute approximate surface area is 203 Å². The molecule has 0 bridgehead atoms. The smallest absolute Gasteiger partial charge is 0.246 e. The Balaban J connectivity index is 1.27. The van der Waals surface area contributed by atoms with Crippen LogP contribution in [0.5, 0.6) is 5.75 Å². The third-order valence-electron chi connectivity index (χ3n) is 5.94. The van der Waals surface area contributed by atoms with Gasteiger partial charge in [-0.3, -0.25) is 9.48 Å². The minimum atomic E-state index is 0.0123. The van der Waals surface area contributed by atoms with Crippen molar-refractivity contribution in [1.82, 2.24) is 14.7 Å². The first-order valence-electron chi connectivity index (χ1n) is 11.3. The van der Waals surface area contributed by atoms with Crippen LogP contribution in [0.4, 0.5) is 5.69 Å². The number of phenols is 1.